The minimum absolute atomic E-state index is 0.111. The third-order valence-electron chi connectivity index (χ3n) is 2.99. The van der Waals surface area contributed by atoms with Gasteiger partial charge < -0.3 is 16.6 Å². The third-order valence-corrected chi connectivity index (χ3v) is 4.58. The molecule has 0 heterocycles. The van der Waals surface area contributed by atoms with E-state index in [2.05, 4.69) is 4.99 Å². The molecule has 18 heavy (non-hydrogen) atoms. The maximum Gasteiger partial charge on any atom is 0.324 e. The fraction of sp³-hybridized carbons (Fsp3) is 0.833. The second-order valence-corrected chi connectivity index (χ2v) is 6.11. The van der Waals surface area contributed by atoms with Crippen molar-refractivity contribution >= 4 is 23.6 Å². The van der Waals surface area contributed by atoms with E-state index in [1.807, 2.05) is 20.8 Å². The quantitative estimate of drug-likeness (QED) is 0.458. The number of amidine groups is 1. The molecule has 6 heteroatoms. The summed E-state index contributed by atoms with van der Waals surface area (Å²) in [5, 5.41) is 9.47. The summed E-state index contributed by atoms with van der Waals surface area (Å²) in [6.07, 6.45) is 0.912. The molecule has 0 radical (unpaired) electrons. The molecule has 2 atom stereocenters. The third kappa shape index (κ3) is 5.27. The molecule has 2 unspecified atom stereocenters. The average Bonchev–Trinajstić information content (AvgIpc) is 2.27. The van der Waals surface area contributed by atoms with Crippen molar-refractivity contribution in [1.29, 1.82) is 0 Å². The predicted molar refractivity (Wildman–Crippen MR) is 78.1 cm³/mol. The highest BCUT2D eigenvalue weighted by atomic mass is 32.2. The lowest BCUT2D eigenvalue weighted by Gasteiger charge is -2.29. The number of aliphatic imine (C=N–C) groups is 1. The number of aliphatic carboxylic acids is 1. The van der Waals surface area contributed by atoms with E-state index in [4.69, 9.17) is 11.5 Å². The number of carboxylic acids is 1. The number of carboxylic acid groups (broad SMARTS) is 1. The van der Waals surface area contributed by atoms with Crippen molar-refractivity contribution in [1.82, 2.24) is 0 Å². The van der Waals surface area contributed by atoms with Gasteiger partial charge in [0.05, 0.1) is 12.4 Å². The van der Waals surface area contributed by atoms with E-state index in [1.165, 1.54) is 0 Å². The number of carbonyl (C=O) groups is 1. The van der Waals surface area contributed by atoms with E-state index in [9.17, 15) is 9.90 Å². The van der Waals surface area contributed by atoms with Gasteiger partial charge >= 0.3 is 5.97 Å². The highest BCUT2D eigenvalue weighted by molar-refractivity contribution is 8.00. The van der Waals surface area contributed by atoms with Crippen LogP contribution in [-0.2, 0) is 4.79 Å². The average molecular weight is 275 g/mol. The first-order chi connectivity index (χ1) is 8.24. The summed E-state index contributed by atoms with van der Waals surface area (Å²) in [6.45, 7) is 8.07. The summed E-state index contributed by atoms with van der Waals surface area (Å²) in [6, 6.07) is 0. The van der Waals surface area contributed by atoms with Crippen LogP contribution in [0.2, 0.25) is 0 Å². The first kappa shape index (κ1) is 17.2. The maximum atomic E-state index is 11.2. The Labute approximate surface area is 113 Å². The van der Waals surface area contributed by atoms with Crippen molar-refractivity contribution in [2.45, 2.75) is 44.9 Å². The molecule has 0 rings (SSSR count). The Balaban J connectivity index is 4.50. The zero-order valence-corrected chi connectivity index (χ0v) is 12.5. The van der Waals surface area contributed by atoms with Gasteiger partial charge in [0.25, 0.3) is 0 Å². The van der Waals surface area contributed by atoms with E-state index < -0.39 is 11.5 Å². The second-order valence-electron chi connectivity index (χ2n) is 4.82. The number of hydrogen-bond donors (Lipinski definition) is 3. The van der Waals surface area contributed by atoms with Gasteiger partial charge in [-0.1, -0.05) is 20.8 Å². The molecule has 0 aromatic heterocycles. The van der Waals surface area contributed by atoms with Crippen LogP contribution in [0.3, 0.4) is 0 Å². The molecule has 0 bridgehead atoms. The molecule has 0 aliphatic carbocycles. The first-order valence-corrected chi connectivity index (χ1v) is 7.19. The molecule has 106 valence electrons. The monoisotopic (exact) mass is 275 g/mol. The summed E-state index contributed by atoms with van der Waals surface area (Å²) in [4.78, 5) is 15.4. The van der Waals surface area contributed by atoms with Crippen LogP contribution < -0.4 is 11.5 Å². The minimum atomic E-state index is -1.18. The lowest BCUT2D eigenvalue weighted by molar-refractivity contribution is -0.144. The molecule has 0 aromatic carbocycles. The Kier molecular flexibility index (Phi) is 7.32. The van der Waals surface area contributed by atoms with Crippen molar-refractivity contribution in [2.75, 3.05) is 12.3 Å². The first-order valence-electron chi connectivity index (χ1n) is 6.14. The van der Waals surface area contributed by atoms with Crippen LogP contribution in [0.4, 0.5) is 0 Å². The maximum absolute atomic E-state index is 11.2. The van der Waals surface area contributed by atoms with Gasteiger partial charge in [0, 0.05) is 11.0 Å². The van der Waals surface area contributed by atoms with Gasteiger partial charge in [-0.05, 0) is 19.3 Å². The minimum Gasteiger partial charge on any atom is -0.480 e. The smallest absolute Gasteiger partial charge is 0.324 e. The molecule has 0 fully saturated rings. The SMILES string of the molecule is CCC(CN=C(C)N)SCC(N)(C(=O)O)C(C)C. The highest BCUT2D eigenvalue weighted by Crippen LogP contribution is 2.24. The molecule has 5 nitrogen and oxygen atoms in total. The lowest BCUT2D eigenvalue weighted by atomic mass is 9.90. The zero-order valence-electron chi connectivity index (χ0n) is 11.6. The molecule has 0 aliphatic rings. The topological polar surface area (TPSA) is 102 Å². The summed E-state index contributed by atoms with van der Waals surface area (Å²) >= 11 is 1.56. The van der Waals surface area contributed by atoms with Crippen molar-refractivity contribution in [3.63, 3.8) is 0 Å². The number of rotatable bonds is 8. The zero-order chi connectivity index (χ0) is 14.3. The fourth-order valence-electron chi connectivity index (χ4n) is 1.28. The van der Waals surface area contributed by atoms with E-state index >= 15 is 0 Å². The van der Waals surface area contributed by atoms with Gasteiger partial charge in [-0.3, -0.25) is 9.79 Å². The molecule has 0 spiro atoms. The van der Waals surface area contributed by atoms with Crippen molar-refractivity contribution < 1.29 is 9.90 Å². The van der Waals surface area contributed by atoms with E-state index in [0.717, 1.165) is 6.42 Å². The Morgan fingerprint density at radius 2 is 2.06 bits per heavy atom. The molecule has 0 saturated carbocycles. The van der Waals surface area contributed by atoms with Gasteiger partial charge in [-0.15, -0.1) is 0 Å². The van der Waals surface area contributed by atoms with E-state index in [0.29, 0.717) is 18.1 Å². The number of thioether (sulfide) groups is 1. The normalized spacial score (nSPS) is 17.6. The Morgan fingerprint density at radius 3 is 2.39 bits per heavy atom. The van der Waals surface area contributed by atoms with Crippen LogP contribution in [0.25, 0.3) is 0 Å². The summed E-state index contributed by atoms with van der Waals surface area (Å²) in [5.74, 6) is -0.120. The van der Waals surface area contributed by atoms with Gasteiger partial charge in [0.15, 0.2) is 0 Å². The molecular formula is C12H25N3O2S. The van der Waals surface area contributed by atoms with Crippen LogP contribution in [0.15, 0.2) is 4.99 Å². The van der Waals surface area contributed by atoms with Crippen LogP contribution in [-0.4, -0.2) is 40.0 Å². The summed E-state index contributed by atoms with van der Waals surface area (Å²) < 4.78 is 0. The summed E-state index contributed by atoms with van der Waals surface area (Å²) in [5.41, 5.74) is 10.3. The number of nitrogens with two attached hydrogens (primary N) is 2. The molecular weight excluding hydrogens is 250 g/mol. The van der Waals surface area contributed by atoms with Crippen LogP contribution in [0, 0.1) is 5.92 Å². The Morgan fingerprint density at radius 1 is 1.50 bits per heavy atom. The van der Waals surface area contributed by atoms with Crippen molar-refractivity contribution in [3.05, 3.63) is 0 Å². The van der Waals surface area contributed by atoms with Gasteiger partial charge in [-0.25, -0.2) is 0 Å². The number of hydrogen-bond acceptors (Lipinski definition) is 4. The lowest BCUT2D eigenvalue weighted by Crippen LogP contribution is -2.55. The molecule has 0 saturated heterocycles. The summed E-state index contributed by atoms with van der Waals surface area (Å²) in [7, 11) is 0. The standard InChI is InChI=1S/C12H25N3O2S/c1-5-10(6-15-9(4)13)18-7-12(14,8(2)3)11(16)17/h8,10H,5-7,14H2,1-4H3,(H2,13,15)(H,16,17). The molecule has 0 aliphatic heterocycles. The van der Waals surface area contributed by atoms with Crippen molar-refractivity contribution in [2.24, 2.45) is 22.4 Å². The predicted octanol–water partition coefficient (Wildman–Crippen LogP) is 1.31. The van der Waals surface area contributed by atoms with Crippen LogP contribution >= 0.6 is 11.8 Å². The van der Waals surface area contributed by atoms with Gasteiger partial charge in [0.2, 0.25) is 0 Å². The Bertz CT molecular complexity index is 304. The molecule has 5 N–H and O–H groups in total. The number of nitrogens with zero attached hydrogens (tertiary/aromatic N) is 1. The molecule has 0 amide bonds. The van der Waals surface area contributed by atoms with Crippen LogP contribution in [0.1, 0.15) is 34.1 Å². The largest absolute Gasteiger partial charge is 0.480 e. The van der Waals surface area contributed by atoms with Crippen molar-refractivity contribution in [3.8, 4) is 0 Å². The molecule has 0 aromatic rings. The van der Waals surface area contributed by atoms with E-state index in [1.54, 1.807) is 18.7 Å². The van der Waals surface area contributed by atoms with Crippen LogP contribution in [0.5, 0.6) is 0 Å². The fourth-order valence-corrected chi connectivity index (χ4v) is 2.66. The Hall–Kier alpha value is -0.750. The second kappa shape index (κ2) is 7.63. The van der Waals surface area contributed by atoms with Gasteiger partial charge in [-0.2, -0.15) is 11.8 Å². The van der Waals surface area contributed by atoms with Gasteiger partial charge in [0.1, 0.15) is 5.54 Å². The van der Waals surface area contributed by atoms with E-state index in [-0.39, 0.29) is 11.2 Å². The highest BCUT2D eigenvalue weighted by Gasteiger charge is 2.37.